The Bertz CT molecular complexity index is 1000. The lowest BCUT2D eigenvalue weighted by Crippen LogP contribution is -2.41. The predicted molar refractivity (Wildman–Crippen MR) is 113 cm³/mol. The second-order valence-corrected chi connectivity index (χ2v) is 7.22. The molecule has 0 aliphatic carbocycles. The molecule has 1 heterocycles. The fourth-order valence-corrected chi connectivity index (χ4v) is 3.09. The van der Waals surface area contributed by atoms with Gasteiger partial charge in [0.15, 0.2) is 0 Å². The maximum Gasteiger partial charge on any atom is 0.326 e. The molecule has 166 valence electrons. The van der Waals surface area contributed by atoms with Gasteiger partial charge in [-0.15, -0.1) is 0 Å². The summed E-state index contributed by atoms with van der Waals surface area (Å²) in [6.07, 6.45) is 2.24. The van der Waals surface area contributed by atoms with Crippen molar-refractivity contribution in [3.63, 3.8) is 0 Å². The molecule has 0 bridgehead atoms. The summed E-state index contributed by atoms with van der Waals surface area (Å²) in [4.78, 5) is 52.7. The van der Waals surface area contributed by atoms with Gasteiger partial charge in [0.25, 0.3) is 11.5 Å². The van der Waals surface area contributed by atoms with E-state index in [4.69, 9.17) is 15.9 Å². The number of aryl methyl sites for hydroxylation is 2. The number of aromatic amines is 1. The lowest BCUT2D eigenvalue weighted by Gasteiger charge is -2.13. The van der Waals surface area contributed by atoms with E-state index >= 15 is 0 Å². The molecule has 1 amide bonds. The Morgan fingerprint density at radius 2 is 1.77 bits per heavy atom. The zero-order valence-electron chi connectivity index (χ0n) is 17.2. The van der Waals surface area contributed by atoms with Crippen molar-refractivity contribution in [1.82, 2.24) is 15.3 Å². The number of carbonyl (C=O) groups is 3. The zero-order valence-corrected chi connectivity index (χ0v) is 17.2. The van der Waals surface area contributed by atoms with Crippen LogP contribution < -0.4 is 16.6 Å². The highest BCUT2D eigenvalue weighted by molar-refractivity contribution is 5.96. The van der Waals surface area contributed by atoms with Gasteiger partial charge in [0.05, 0.1) is 5.56 Å². The van der Waals surface area contributed by atoms with Crippen LogP contribution in [0.3, 0.4) is 0 Å². The van der Waals surface area contributed by atoms with Gasteiger partial charge in [-0.2, -0.15) is 0 Å². The van der Waals surface area contributed by atoms with Gasteiger partial charge in [-0.05, 0) is 56.7 Å². The summed E-state index contributed by atoms with van der Waals surface area (Å²) >= 11 is 0. The third kappa shape index (κ3) is 7.25. The lowest BCUT2D eigenvalue weighted by atomic mass is 10.0. The first-order valence-corrected chi connectivity index (χ1v) is 9.87. The molecular weight excluding hydrogens is 404 g/mol. The fourth-order valence-electron chi connectivity index (χ4n) is 3.09. The van der Waals surface area contributed by atoms with Crippen LogP contribution in [0, 0.1) is 6.92 Å². The number of hydrogen-bond acceptors (Lipinski definition) is 6. The quantitative estimate of drug-likeness (QED) is 0.331. The Hall–Kier alpha value is -3.69. The number of carbonyl (C=O) groups excluding carboxylic acids is 1. The van der Waals surface area contributed by atoms with E-state index in [1.807, 2.05) is 0 Å². The minimum absolute atomic E-state index is 0.196. The first-order chi connectivity index (χ1) is 14.7. The maximum absolute atomic E-state index is 12.2. The zero-order chi connectivity index (χ0) is 23.0. The summed E-state index contributed by atoms with van der Waals surface area (Å²) in [5, 5.41) is 20.2. The summed E-state index contributed by atoms with van der Waals surface area (Å²) in [6.45, 7) is 1.67. The van der Waals surface area contributed by atoms with Gasteiger partial charge in [0.1, 0.15) is 17.7 Å². The van der Waals surface area contributed by atoms with Crippen molar-refractivity contribution in [3.05, 3.63) is 57.1 Å². The summed E-state index contributed by atoms with van der Waals surface area (Å²) in [6, 6.07) is 5.46. The molecule has 0 saturated carbocycles. The van der Waals surface area contributed by atoms with E-state index in [1.165, 1.54) is 0 Å². The van der Waals surface area contributed by atoms with Crippen molar-refractivity contribution >= 4 is 23.7 Å². The number of aromatic nitrogens is 2. The number of carboxylic acid groups (broad SMARTS) is 2. The molecule has 0 saturated heterocycles. The number of hydrogen-bond donors (Lipinski definition) is 5. The molecule has 0 radical (unpaired) electrons. The molecule has 1 atom stereocenters. The smallest absolute Gasteiger partial charge is 0.326 e. The van der Waals surface area contributed by atoms with Gasteiger partial charge in [-0.25, -0.2) is 9.78 Å². The van der Waals surface area contributed by atoms with Gasteiger partial charge in [-0.1, -0.05) is 12.1 Å². The second kappa shape index (κ2) is 10.9. The molecule has 0 aliphatic heterocycles. The summed E-state index contributed by atoms with van der Waals surface area (Å²) in [7, 11) is 0. The van der Waals surface area contributed by atoms with Gasteiger partial charge >= 0.3 is 11.9 Å². The highest BCUT2D eigenvalue weighted by Gasteiger charge is 2.21. The van der Waals surface area contributed by atoms with Crippen molar-refractivity contribution in [2.75, 3.05) is 5.73 Å². The first kappa shape index (κ1) is 23.6. The van der Waals surface area contributed by atoms with Gasteiger partial charge < -0.3 is 26.2 Å². The number of nitrogen functional groups attached to an aromatic ring is 1. The Morgan fingerprint density at radius 1 is 1.13 bits per heavy atom. The Labute approximate surface area is 178 Å². The van der Waals surface area contributed by atoms with Crippen molar-refractivity contribution < 1.29 is 24.6 Å². The Morgan fingerprint density at radius 3 is 2.35 bits per heavy atom. The summed E-state index contributed by atoms with van der Waals surface area (Å²) in [5.41, 5.74) is 7.35. The first-order valence-electron chi connectivity index (χ1n) is 9.87. The SMILES string of the molecule is Cc1nc(N)c(CCCCc2ccc(C(=O)N[C@@H](CCC(=O)O)C(=O)O)cc2)c(=O)[nH]1. The van der Waals surface area contributed by atoms with Crippen LogP contribution in [0.15, 0.2) is 29.1 Å². The molecule has 2 aromatic rings. The third-order valence-electron chi connectivity index (χ3n) is 4.77. The van der Waals surface area contributed by atoms with E-state index in [9.17, 15) is 19.2 Å². The molecule has 1 aromatic carbocycles. The van der Waals surface area contributed by atoms with E-state index in [-0.39, 0.29) is 29.8 Å². The average molecular weight is 430 g/mol. The van der Waals surface area contributed by atoms with E-state index in [0.29, 0.717) is 17.8 Å². The topological polar surface area (TPSA) is 175 Å². The Balaban J connectivity index is 1.86. The number of rotatable bonds is 11. The molecule has 0 unspecified atom stereocenters. The van der Waals surface area contributed by atoms with Crippen molar-refractivity contribution in [2.24, 2.45) is 0 Å². The molecule has 1 aromatic heterocycles. The molecule has 0 spiro atoms. The number of unbranched alkanes of at least 4 members (excludes halogenated alkanes) is 1. The number of benzene rings is 1. The number of nitrogens with zero attached hydrogens (tertiary/aromatic N) is 1. The number of aliphatic carboxylic acids is 2. The van der Waals surface area contributed by atoms with Crippen LogP contribution in [0.4, 0.5) is 5.82 Å². The van der Waals surface area contributed by atoms with Crippen LogP contribution in [0.5, 0.6) is 0 Å². The molecule has 0 fully saturated rings. The number of amides is 1. The fraction of sp³-hybridized carbons (Fsp3) is 0.381. The number of nitrogens with one attached hydrogen (secondary N) is 2. The van der Waals surface area contributed by atoms with Crippen molar-refractivity contribution in [1.29, 1.82) is 0 Å². The van der Waals surface area contributed by atoms with Crippen LogP contribution in [0.25, 0.3) is 0 Å². The Kier molecular flexibility index (Phi) is 8.30. The summed E-state index contributed by atoms with van der Waals surface area (Å²) < 4.78 is 0. The van der Waals surface area contributed by atoms with Crippen LogP contribution in [-0.2, 0) is 22.4 Å². The highest BCUT2D eigenvalue weighted by Crippen LogP contribution is 2.12. The van der Waals surface area contributed by atoms with Gasteiger partial charge in [0.2, 0.25) is 0 Å². The number of H-pyrrole nitrogens is 1. The van der Waals surface area contributed by atoms with E-state index in [1.54, 1.807) is 31.2 Å². The van der Waals surface area contributed by atoms with Gasteiger partial charge in [0, 0.05) is 12.0 Å². The average Bonchev–Trinajstić information content (AvgIpc) is 2.69. The third-order valence-corrected chi connectivity index (χ3v) is 4.77. The van der Waals surface area contributed by atoms with Gasteiger partial charge in [-0.3, -0.25) is 14.4 Å². The molecular formula is C21H26N4O6. The molecule has 2 rings (SSSR count). The van der Waals surface area contributed by atoms with E-state index in [0.717, 1.165) is 24.8 Å². The highest BCUT2D eigenvalue weighted by atomic mass is 16.4. The van der Waals surface area contributed by atoms with Crippen LogP contribution in [-0.4, -0.2) is 44.1 Å². The molecule has 31 heavy (non-hydrogen) atoms. The van der Waals surface area contributed by atoms with Crippen LogP contribution in [0.2, 0.25) is 0 Å². The largest absolute Gasteiger partial charge is 0.481 e. The number of carboxylic acids is 2. The maximum atomic E-state index is 12.2. The number of anilines is 1. The molecule has 10 heteroatoms. The summed E-state index contributed by atoms with van der Waals surface area (Å²) in [5.74, 6) is -2.26. The molecule has 10 nitrogen and oxygen atoms in total. The molecule has 6 N–H and O–H groups in total. The number of nitrogens with two attached hydrogens (primary N) is 1. The van der Waals surface area contributed by atoms with Crippen molar-refractivity contribution in [3.8, 4) is 0 Å². The predicted octanol–water partition coefficient (Wildman–Crippen LogP) is 1.27. The van der Waals surface area contributed by atoms with E-state index in [2.05, 4.69) is 15.3 Å². The van der Waals surface area contributed by atoms with Crippen LogP contribution in [0.1, 0.15) is 53.0 Å². The minimum atomic E-state index is -1.28. The lowest BCUT2D eigenvalue weighted by molar-refractivity contribution is -0.140. The van der Waals surface area contributed by atoms with E-state index < -0.39 is 23.9 Å². The molecule has 0 aliphatic rings. The van der Waals surface area contributed by atoms with Crippen molar-refractivity contribution in [2.45, 2.75) is 51.5 Å². The standard InChI is InChI=1S/C21H26N4O6/c1-12-23-18(22)15(20(29)24-12)5-3-2-4-13-6-8-14(9-7-13)19(28)25-16(21(30)31)10-11-17(26)27/h6-9,16H,2-5,10-11H2,1H3,(H,25,28)(H,26,27)(H,30,31)(H3,22,23,24,29)/t16-/m0/s1. The normalized spacial score (nSPS) is 11.6. The minimum Gasteiger partial charge on any atom is -0.481 e. The second-order valence-electron chi connectivity index (χ2n) is 7.22. The monoisotopic (exact) mass is 430 g/mol. The van der Waals surface area contributed by atoms with Crippen LogP contribution >= 0.6 is 0 Å².